The number of nitrogen functional groups attached to an aromatic ring is 1. The summed E-state index contributed by atoms with van der Waals surface area (Å²) in [5.74, 6) is 6.93. The van der Waals surface area contributed by atoms with Gasteiger partial charge in [-0.3, -0.25) is 5.43 Å². The lowest BCUT2D eigenvalue weighted by molar-refractivity contribution is 0.0157. The molecule has 0 spiro atoms. The zero-order valence-electron chi connectivity index (χ0n) is 12.5. The maximum atomic E-state index is 8.78. The Morgan fingerprint density at radius 3 is 2.62 bits per heavy atom. The number of aromatic nitrogens is 3. The van der Waals surface area contributed by atoms with E-state index < -0.39 is 0 Å². The van der Waals surface area contributed by atoms with E-state index in [2.05, 4.69) is 25.3 Å². The molecule has 9 nitrogen and oxygen atoms in total. The highest BCUT2D eigenvalue weighted by Crippen LogP contribution is 2.20. The van der Waals surface area contributed by atoms with E-state index in [9.17, 15) is 0 Å². The van der Waals surface area contributed by atoms with Gasteiger partial charge in [0.05, 0.1) is 19.3 Å². The first-order valence-electron chi connectivity index (χ1n) is 7.01. The number of nitrogens with one attached hydrogen (secondary N) is 1. The molecule has 1 aliphatic rings. The van der Waals surface area contributed by atoms with Gasteiger partial charge in [-0.05, 0) is 12.8 Å². The number of ether oxygens (including phenoxy) is 1. The van der Waals surface area contributed by atoms with Crippen LogP contribution in [0.5, 0.6) is 0 Å². The molecule has 2 heterocycles. The van der Waals surface area contributed by atoms with Crippen molar-refractivity contribution in [3.63, 3.8) is 0 Å². The number of piperidine rings is 1. The zero-order valence-corrected chi connectivity index (χ0v) is 12.5. The molecule has 0 radical (unpaired) electrons. The van der Waals surface area contributed by atoms with E-state index in [1.807, 2.05) is 19.0 Å². The fraction of sp³-hybridized carbons (Fsp3) is 0.750. The second-order valence-electron chi connectivity index (χ2n) is 5.08. The number of hydrogen-bond donors (Lipinski definition) is 3. The van der Waals surface area contributed by atoms with Gasteiger partial charge >= 0.3 is 0 Å². The third kappa shape index (κ3) is 4.13. The molecule has 1 fully saturated rings. The SMILES string of the molecule is CN(C)c1nc(NN)nc(N2CCC(OCCO)CC2)n1. The van der Waals surface area contributed by atoms with Crippen molar-refractivity contribution in [2.45, 2.75) is 18.9 Å². The topological polar surface area (TPSA) is 113 Å². The highest BCUT2D eigenvalue weighted by molar-refractivity contribution is 5.44. The van der Waals surface area contributed by atoms with Gasteiger partial charge in [0, 0.05) is 27.2 Å². The minimum absolute atomic E-state index is 0.0609. The minimum Gasteiger partial charge on any atom is -0.394 e. The Morgan fingerprint density at radius 1 is 1.33 bits per heavy atom. The van der Waals surface area contributed by atoms with Gasteiger partial charge in [0.1, 0.15) is 0 Å². The van der Waals surface area contributed by atoms with Gasteiger partial charge in [0.15, 0.2) is 0 Å². The normalized spacial score (nSPS) is 16.1. The van der Waals surface area contributed by atoms with Crippen molar-refractivity contribution in [1.82, 2.24) is 15.0 Å². The standard InChI is InChI=1S/C12H23N7O2/c1-18(2)11-14-10(17-13)15-12(16-11)19-5-3-9(4-6-19)21-8-7-20/h9,20H,3-8,13H2,1-2H3,(H,14,15,16,17). The molecule has 2 rings (SSSR count). The molecule has 9 heteroatoms. The van der Waals surface area contributed by atoms with Crippen LogP contribution in [-0.2, 0) is 4.74 Å². The number of hydrazine groups is 1. The Hall–Kier alpha value is -1.71. The molecule has 1 saturated heterocycles. The molecule has 0 unspecified atom stereocenters. The van der Waals surface area contributed by atoms with Crippen molar-refractivity contribution in [3.05, 3.63) is 0 Å². The van der Waals surface area contributed by atoms with Crippen LogP contribution in [0.4, 0.5) is 17.8 Å². The van der Waals surface area contributed by atoms with E-state index in [4.69, 9.17) is 15.7 Å². The van der Waals surface area contributed by atoms with Crippen molar-refractivity contribution in [1.29, 1.82) is 0 Å². The zero-order chi connectivity index (χ0) is 15.2. The summed E-state index contributed by atoms with van der Waals surface area (Å²) in [6, 6.07) is 0. The average molecular weight is 297 g/mol. The fourth-order valence-electron chi connectivity index (χ4n) is 2.20. The molecule has 1 aromatic rings. The molecule has 0 amide bonds. The summed E-state index contributed by atoms with van der Waals surface area (Å²) in [5.41, 5.74) is 2.47. The molecule has 118 valence electrons. The smallest absolute Gasteiger partial charge is 0.243 e. The lowest BCUT2D eigenvalue weighted by Crippen LogP contribution is -2.38. The van der Waals surface area contributed by atoms with Crippen LogP contribution in [0.2, 0.25) is 0 Å². The van der Waals surface area contributed by atoms with Crippen molar-refractivity contribution in [2.75, 3.05) is 55.6 Å². The Labute approximate surface area is 124 Å². The van der Waals surface area contributed by atoms with Crippen LogP contribution in [0.15, 0.2) is 0 Å². The maximum absolute atomic E-state index is 8.78. The summed E-state index contributed by atoms with van der Waals surface area (Å²) in [6.45, 7) is 2.06. The molecule has 1 aromatic heterocycles. The number of aliphatic hydroxyl groups excluding tert-OH is 1. The lowest BCUT2D eigenvalue weighted by atomic mass is 10.1. The van der Waals surface area contributed by atoms with Crippen LogP contribution >= 0.6 is 0 Å². The van der Waals surface area contributed by atoms with Crippen molar-refractivity contribution < 1.29 is 9.84 Å². The molecule has 0 saturated carbocycles. The van der Waals surface area contributed by atoms with E-state index in [1.54, 1.807) is 0 Å². The second-order valence-corrected chi connectivity index (χ2v) is 5.08. The third-order valence-corrected chi connectivity index (χ3v) is 3.31. The van der Waals surface area contributed by atoms with Gasteiger partial charge in [-0.15, -0.1) is 0 Å². The van der Waals surface area contributed by atoms with Crippen LogP contribution in [0, 0.1) is 0 Å². The first kappa shape index (κ1) is 15.7. The largest absolute Gasteiger partial charge is 0.394 e. The van der Waals surface area contributed by atoms with Crippen molar-refractivity contribution in [2.24, 2.45) is 5.84 Å². The fourth-order valence-corrected chi connectivity index (χ4v) is 2.20. The molecule has 4 N–H and O–H groups in total. The van der Waals surface area contributed by atoms with Gasteiger partial charge < -0.3 is 19.6 Å². The Kier molecular flexibility index (Phi) is 5.48. The van der Waals surface area contributed by atoms with E-state index in [-0.39, 0.29) is 12.7 Å². The van der Waals surface area contributed by atoms with Crippen LogP contribution in [0.25, 0.3) is 0 Å². The highest BCUT2D eigenvalue weighted by atomic mass is 16.5. The molecular weight excluding hydrogens is 274 g/mol. The highest BCUT2D eigenvalue weighted by Gasteiger charge is 2.22. The van der Waals surface area contributed by atoms with Gasteiger partial charge in [-0.2, -0.15) is 15.0 Å². The monoisotopic (exact) mass is 297 g/mol. The number of nitrogens with zero attached hydrogens (tertiary/aromatic N) is 5. The number of aliphatic hydroxyl groups is 1. The minimum atomic E-state index is 0.0609. The average Bonchev–Trinajstić information content (AvgIpc) is 2.52. The van der Waals surface area contributed by atoms with E-state index >= 15 is 0 Å². The Bertz CT molecular complexity index is 449. The molecule has 0 aromatic carbocycles. The first-order valence-corrected chi connectivity index (χ1v) is 7.01. The Morgan fingerprint density at radius 2 is 2.05 bits per heavy atom. The van der Waals surface area contributed by atoms with Crippen LogP contribution in [0.1, 0.15) is 12.8 Å². The lowest BCUT2D eigenvalue weighted by Gasteiger charge is -2.32. The second kappa shape index (κ2) is 7.34. The van der Waals surface area contributed by atoms with Gasteiger partial charge in [-0.1, -0.05) is 0 Å². The van der Waals surface area contributed by atoms with Crippen LogP contribution in [0.3, 0.4) is 0 Å². The third-order valence-electron chi connectivity index (χ3n) is 3.31. The summed E-state index contributed by atoms with van der Waals surface area (Å²) in [5, 5.41) is 8.78. The summed E-state index contributed by atoms with van der Waals surface area (Å²) in [7, 11) is 3.74. The molecular formula is C12H23N7O2. The maximum Gasteiger partial charge on any atom is 0.243 e. The van der Waals surface area contributed by atoms with Gasteiger partial charge in [-0.25, -0.2) is 5.84 Å². The molecule has 0 atom stereocenters. The van der Waals surface area contributed by atoms with Crippen LogP contribution < -0.4 is 21.1 Å². The predicted molar refractivity (Wildman–Crippen MR) is 80.2 cm³/mol. The van der Waals surface area contributed by atoms with E-state index in [1.165, 1.54) is 0 Å². The van der Waals surface area contributed by atoms with Crippen LogP contribution in [-0.4, -0.2) is 66.6 Å². The summed E-state index contributed by atoms with van der Waals surface area (Å²) in [6.07, 6.45) is 1.96. The number of hydrogen-bond acceptors (Lipinski definition) is 9. The Balaban J connectivity index is 2.04. The van der Waals surface area contributed by atoms with Gasteiger partial charge in [0.25, 0.3) is 0 Å². The first-order chi connectivity index (χ1) is 10.1. The van der Waals surface area contributed by atoms with Gasteiger partial charge in [0.2, 0.25) is 17.8 Å². The molecule has 21 heavy (non-hydrogen) atoms. The molecule has 0 bridgehead atoms. The van der Waals surface area contributed by atoms with E-state index in [0.717, 1.165) is 25.9 Å². The molecule has 1 aliphatic heterocycles. The predicted octanol–water partition coefficient (Wildman–Crippen LogP) is -0.799. The summed E-state index contributed by atoms with van der Waals surface area (Å²) in [4.78, 5) is 16.8. The number of rotatable bonds is 6. The summed E-state index contributed by atoms with van der Waals surface area (Å²) >= 11 is 0. The number of anilines is 3. The summed E-state index contributed by atoms with van der Waals surface area (Å²) < 4.78 is 5.55. The number of nitrogens with two attached hydrogens (primary N) is 1. The quantitative estimate of drug-likeness (QED) is 0.459. The van der Waals surface area contributed by atoms with E-state index in [0.29, 0.717) is 24.5 Å². The van der Waals surface area contributed by atoms with Crippen molar-refractivity contribution >= 4 is 17.8 Å². The van der Waals surface area contributed by atoms with Crippen molar-refractivity contribution in [3.8, 4) is 0 Å². The molecule has 0 aliphatic carbocycles.